The van der Waals surface area contributed by atoms with Crippen LogP contribution in [0.4, 0.5) is 0 Å². The van der Waals surface area contributed by atoms with Crippen molar-refractivity contribution in [3.63, 3.8) is 0 Å². The quantitative estimate of drug-likeness (QED) is 0.871. The number of ether oxygens (including phenoxy) is 2. The molecule has 2 aliphatic heterocycles. The van der Waals surface area contributed by atoms with Gasteiger partial charge in [0.1, 0.15) is 13.2 Å². The van der Waals surface area contributed by atoms with Crippen LogP contribution in [-0.4, -0.2) is 47.5 Å². The van der Waals surface area contributed by atoms with Crippen molar-refractivity contribution >= 4 is 11.8 Å². The second kappa shape index (κ2) is 7.65. The van der Waals surface area contributed by atoms with Gasteiger partial charge in [-0.1, -0.05) is 6.07 Å². The molecule has 1 aromatic carbocycles. The number of pyridine rings is 1. The van der Waals surface area contributed by atoms with E-state index < -0.39 is 0 Å². The molecule has 1 saturated heterocycles. The maximum Gasteiger partial charge on any atom is 0.254 e. The summed E-state index contributed by atoms with van der Waals surface area (Å²) >= 11 is 0. The van der Waals surface area contributed by atoms with Crippen LogP contribution in [0.25, 0.3) is 0 Å². The molecule has 0 bridgehead atoms. The number of nitrogens with zero attached hydrogens (tertiary/aromatic N) is 2. The first-order valence-corrected chi connectivity index (χ1v) is 9.07. The molecule has 3 heterocycles. The predicted octanol–water partition coefficient (Wildman–Crippen LogP) is 1.77. The topological polar surface area (TPSA) is 80.8 Å². The van der Waals surface area contributed by atoms with Crippen LogP contribution in [0.2, 0.25) is 0 Å². The molecule has 0 saturated carbocycles. The number of carbonyl (C=O) groups is 2. The van der Waals surface area contributed by atoms with E-state index in [1.165, 1.54) is 0 Å². The molecule has 2 aliphatic rings. The third kappa shape index (κ3) is 4.02. The summed E-state index contributed by atoms with van der Waals surface area (Å²) in [6.45, 7) is 1.79. The molecule has 27 heavy (non-hydrogen) atoms. The monoisotopic (exact) mass is 367 g/mol. The summed E-state index contributed by atoms with van der Waals surface area (Å²) in [6.07, 6.45) is 2.94. The van der Waals surface area contributed by atoms with Gasteiger partial charge in [0, 0.05) is 30.8 Å². The molecule has 1 N–H and O–H groups in total. The SMILES string of the molecule is O=C1CC[C@@H](CN(Cc2ccccn2)C(=O)c2ccc3c(c2)OCCO3)N1. The predicted molar refractivity (Wildman–Crippen MR) is 97.6 cm³/mol. The summed E-state index contributed by atoms with van der Waals surface area (Å²) in [5, 5.41) is 2.93. The fraction of sp³-hybridized carbons (Fsp3) is 0.350. The lowest BCUT2D eigenvalue weighted by Crippen LogP contribution is -2.41. The van der Waals surface area contributed by atoms with Crippen LogP contribution in [0.5, 0.6) is 11.5 Å². The number of fused-ring (bicyclic) bond motifs is 1. The zero-order valence-electron chi connectivity index (χ0n) is 14.9. The molecule has 2 amide bonds. The van der Waals surface area contributed by atoms with Gasteiger partial charge < -0.3 is 19.7 Å². The Hall–Kier alpha value is -3.09. The van der Waals surface area contributed by atoms with Crippen molar-refractivity contribution in [2.45, 2.75) is 25.4 Å². The molecular formula is C20H21N3O4. The first-order chi connectivity index (χ1) is 13.2. The molecule has 0 unspecified atom stereocenters. The maximum atomic E-state index is 13.2. The van der Waals surface area contributed by atoms with Gasteiger partial charge in [-0.25, -0.2) is 0 Å². The minimum absolute atomic E-state index is 0.0320. The Morgan fingerprint density at radius 3 is 2.78 bits per heavy atom. The van der Waals surface area contributed by atoms with E-state index in [1.807, 2.05) is 18.2 Å². The van der Waals surface area contributed by atoms with Crippen LogP contribution < -0.4 is 14.8 Å². The standard InChI is InChI=1S/C20H21N3O4/c24-19-7-5-16(22-19)13-23(12-15-3-1-2-8-21-15)20(25)14-4-6-17-18(11-14)27-10-9-26-17/h1-4,6,8,11,16H,5,7,9-10,12-13H2,(H,22,24)/t16-/m0/s1. The highest BCUT2D eigenvalue weighted by Gasteiger charge is 2.27. The Balaban J connectivity index is 1.56. The highest BCUT2D eigenvalue weighted by Crippen LogP contribution is 2.31. The Labute approximate surface area is 157 Å². The third-order valence-electron chi connectivity index (χ3n) is 4.68. The van der Waals surface area contributed by atoms with Crippen LogP contribution in [-0.2, 0) is 11.3 Å². The van der Waals surface area contributed by atoms with E-state index in [2.05, 4.69) is 10.3 Å². The Morgan fingerprint density at radius 1 is 1.19 bits per heavy atom. The van der Waals surface area contributed by atoms with Crippen molar-refractivity contribution in [2.24, 2.45) is 0 Å². The Morgan fingerprint density at radius 2 is 2.04 bits per heavy atom. The second-order valence-corrected chi connectivity index (χ2v) is 6.67. The van der Waals surface area contributed by atoms with Gasteiger partial charge in [0.05, 0.1) is 12.2 Å². The third-order valence-corrected chi connectivity index (χ3v) is 4.68. The summed E-state index contributed by atoms with van der Waals surface area (Å²) in [4.78, 5) is 30.8. The molecule has 1 aromatic heterocycles. The minimum Gasteiger partial charge on any atom is -0.486 e. The van der Waals surface area contributed by atoms with Gasteiger partial charge in [-0.3, -0.25) is 14.6 Å². The highest BCUT2D eigenvalue weighted by molar-refractivity contribution is 5.95. The van der Waals surface area contributed by atoms with Crippen LogP contribution >= 0.6 is 0 Å². The first-order valence-electron chi connectivity index (χ1n) is 9.07. The lowest BCUT2D eigenvalue weighted by Gasteiger charge is -2.26. The molecule has 1 fully saturated rings. The van der Waals surface area contributed by atoms with E-state index in [9.17, 15) is 9.59 Å². The average molecular weight is 367 g/mol. The lowest BCUT2D eigenvalue weighted by molar-refractivity contribution is -0.119. The van der Waals surface area contributed by atoms with E-state index in [4.69, 9.17) is 9.47 Å². The minimum atomic E-state index is -0.126. The van der Waals surface area contributed by atoms with Gasteiger partial charge in [0.25, 0.3) is 5.91 Å². The molecule has 2 aromatic rings. The Bertz CT molecular complexity index is 840. The molecule has 7 heteroatoms. The summed E-state index contributed by atoms with van der Waals surface area (Å²) < 4.78 is 11.1. The van der Waals surface area contributed by atoms with Gasteiger partial charge in [0.2, 0.25) is 5.91 Å². The van der Waals surface area contributed by atoms with Crippen LogP contribution in [0, 0.1) is 0 Å². The number of rotatable bonds is 5. The van der Waals surface area contributed by atoms with Gasteiger partial charge >= 0.3 is 0 Å². The summed E-state index contributed by atoms with van der Waals surface area (Å²) in [5.74, 6) is 1.14. The number of benzene rings is 1. The van der Waals surface area contributed by atoms with E-state index in [0.29, 0.717) is 49.8 Å². The highest BCUT2D eigenvalue weighted by atomic mass is 16.6. The van der Waals surface area contributed by atoms with Crippen LogP contribution in [0.1, 0.15) is 28.9 Å². The Kier molecular flexibility index (Phi) is 4.91. The smallest absolute Gasteiger partial charge is 0.254 e. The molecule has 140 valence electrons. The van der Waals surface area contributed by atoms with Crippen molar-refractivity contribution in [3.8, 4) is 11.5 Å². The number of nitrogens with one attached hydrogen (secondary N) is 1. The van der Waals surface area contributed by atoms with Crippen LogP contribution in [0.15, 0.2) is 42.6 Å². The summed E-state index contributed by atoms with van der Waals surface area (Å²) in [7, 11) is 0. The fourth-order valence-corrected chi connectivity index (χ4v) is 3.35. The first kappa shape index (κ1) is 17.3. The zero-order valence-corrected chi connectivity index (χ0v) is 14.9. The largest absolute Gasteiger partial charge is 0.486 e. The fourth-order valence-electron chi connectivity index (χ4n) is 3.35. The normalized spacial score (nSPS) is 18.1. The number of carbonyl (C=O) groups excluding carboxylic acids is 2. The molecule has 0 aliphatic carbocycles. The molecule has 7 nitrogen and oxygen atoms in total. The van der Waals surface area contributed by atoms with E-state index in [0.717, 1.165) is 12.1 Å². The summed E-state index contributed by atoms with van der Waals surface area (Å²) in [6, 6.07) is 10.8. The lowest BCUT2D eigenvalue weighted by atomic mass is 10.1. The molecular weight excluding hydrogens is 346 g/mol. The van der Waals surface area contributed by atoms with Crippen molar-refractivity contribution < 1.29 is 19.1 Å². The van der Waals surface area contributed by atoms with Crippen molar-refractivity contribution in [1.82, 2.24) is 15.2 Å². The van der Waals surface area contributed by atoms with Crippen molar-refractivity contribution in [2.75, 3.05) is 19.8 Å². The zero-order chi connectivity index (χ0) is 18.6. The van der Waals surface area contributed by atoms with Crippen molar-refractivity contribution in [1.29, 1.82) is 0 Å². The van der Waals surface area contributed by atoms with E-state index in [-0.39, 0.29) is 17.9 Å². The molecule has 1 atom stereocenters. The van der Waals surface area contributed by atoms with Crippen LogP contribution in [0.3, 0.4) is 0 Å². The van der Waals surface area contributed by atoms with Gasteiger partial charge in [-0.15, -0.1) is 0 Å². The molecule has 4 rings (SSSR count). The number of hydrogen-bond donors (Lipinski definition) is 1. The molecule has 0 radical (unpaired) electrons. The van der Waals surface area contributed by atoms with Gasteiger partial charge in [-0.05, 0) is 36.8 Å². The van der Waals surface area contributed by atoms with E-state index >= 15 is 0 Å². The number of hydrogen-bond acceptors (Lipinski definition) is 5. The second-order valence-electron chi connectivity index (χ2n) is 6.67. The van der Waals surface area contributed by atoms with Gasteiger partial charge in [-0.2, -0.15) is 0 Å². The summed E-state index contributed by atoms with van der Waals surface area (Å²) in [5.41, 5.74) is 1.33. The number of aromatic nitrogens is 1. The number of amides is 2. The van der Waals surface area contributed by atoms with Gasteiger partial charge in [0.15, 0.2) is 11.5 Å². The maximum absolute atomic E-state index is 13.2. The van der Waals surface area contributed by atoms with Crippen molar-refractivity contribution in [3.05, 3.63) is 53.9 Å². The average Bonchev–Trinajstić information content (AvgIpc) is 3.12. The van der Waals surface area contributed by atoms with E-state index in [1.54, 1.807) is 29.3 Å². The molecule has 0 spiro atoms.